The number of amides is 1. The van der Waals surface area contributed by atoms with Crippen LogP contribution >= 0.6 is 24.0 Å². The van der Waals surface area contributed by atoms with E-state index in [9.17, 15) is 4.79 Å². The Labute approximate surface area is 125 Å². The Kier molecular flexibility index (Phi) is 4.77. The molecule has 5 heteroatoms. The maximum absolute atomic E-state index is 12.6. The van der Waals surface area contributed by atoms with Crippen molar-refractivity contribution in [2.45, 2.75) is 56.1 Å². The Morgan fingerprint density at radius 2 is 1.79 bits per heavy atom. The maximum Gasteiger partial charge on any atom is 0.233 e. The number of rotatable bonds is 5. The van der Waals surface area contributed by atoms with Crippen molar-refractivity contribution in [3.05, 3.63) is 0 Å². The first-order valence-corrected chi connectivity index (χ1v) is 8.81. The molecule has 0 aromatic heterocycles. The Bertz CT molecular complexity index is 358. The molecule has 0 aliphatic heterocycles. The van der Waals surface area contributed by atoms with Crippen molar-refractivity contribution in [1.29, 1.82) is 0 Å². The van der Waals surface area contributed by atoms with Crippen LogP contribution in [0.25, 0.3) is 0 Å². The van der Waals surface area contributed by atoms with Gasteiger partial charge in [0.1, 0.15) is 0 Å². The van der Waals surface area contributed by atoms with E-state index in [0.29, 0.717) is 4.99 Å². The molecule has 2 aliphatic rings. The Morgan fingerprint density at radius 3 is 2.21 bits per heavy atom. The first-order chi connectivity index (χ1) is 9.05. The van der Waals surface area contributed by atoms with E-state index in [-0.39, 0.29) is 10.7 Å². The Hall–Kier alpha value is -0.290. The summed E-state index contributed by atoms with van der Waals surface area (Å²) in [6.07, 6.45) is 10.6. The van der Waals surface area contributed by atoms with Gasteiger partial charge in [-0.15, -0.1) is 0 Å². The van der Waals surface area contributed by atoms with E-state index in [1.807, 2.05) is 11.8 Å². The van der Waals surface area contributed by atoms with E-state index in [2.05, 4.69) is 11.6 Å². The molecule has 0 aromatic carbocycles. The van der Waals surface area contributed by atoms with Crippen molar-refractivity contribution in [2.24, 2.45) is 11.1 Å². The zero-order valence-corrected chi connectivity index (χ0v) is 13.3. The lowest BCUT2D eigenvalue weighted by atomic mass is 9.79. The van der Waals surface area contributed by atoms with Crippen molar-refractivity contribution in [3.63, 3.8) is 0 Å². The number of carbonyl (C=O) groups excluding carboxylic acids is 1. The van der Waals surface area contributed by atoms with Gasteiger partial charge in [-0.3, -0.25) is 4.79 Å². The molecule has 2 saturated carbocycles. The first-order valence-electron chi connectivity index (χ1n) is 7.18. The number of hydrogen-bond acceptors (Lipinski definition) is 3. The molecular weight excluding hydrogens is 276 g/mol. The van der Waals surface area contributed by atoms with E-state index in [0.717, 1.165) is 32.2 Å². The Balaban J connectivity index is 2.01. The van der Waals surface area contributed by atoms with E-state index >= 15 is 0 Å². The highest BCUT2D eigenvalue weighted by molar-refractivity contribution is 8.00. The van der Waals surface area contributed by atoms with E-state index < -0.39 is 5.41 Å². The van der Waals surface area contributed by atoms with E-state index in [1.54, 1.807) is 0 Å². The zero-order chi connectivity index (χ0) is 13.9. The summed E-state index contributed by atoms with van der Waals surface area (Å²) in [4.78, 5) is 13.0. The van der Waals surface area contributed by atoms with Gasteiger partial charge in [0.05, 0.1) is 10.4 Å². The molecule has 0 atom stereocenters. The third kappa shape index (κ3) is 3.24. The number of thioether (sulfide) groups is 1. The fraction of sp³-hybridized carbons (Fsp3) is 0.857. The minimum atomic E-state index is -0.583. The predicted molar refractivity (Wildman–Crippen MR) is 85.4 cm³/mol. The van der Waals surface area contributed by atoms with Gasteiger partial charge in [-0.25, -0.2) is 0 Å². The quantitative estimate of drug-likeness (QED) is 0.605. The summed E-state index contributed by atoms with van der Waals surface area (Å²) in [5.41, 5.74) is 5.34. The SMILES string of the molecule is CSC1(CNC(=O)C2(C(N)=S)CCCCCC2)CC1. The molecule has 0 bridgehead atoms. The molecule has 3 N–H and O–H groups in total. The molecular formula is C14H24N2OS2. The molecule has 2 rings (SSSR count). The lowest BCUT2D eigenvalue weighted by Crippen LogP contribution is -2.50. The predicted octanol–water partition coefficient (Wildman–Crippen LogP) is 2.62. The second kappa shape index (κ2) is 6.00. The summed E-state index contributed by atoms with van der Waals surface area (Å²) in [7, 11) is 0. The van der Waals surface area contributed by atoms with Crippen molar-refractivity contribution in [1.82, 2.24) is 5.32 Å². The van der Waals surface area contributed by atoms with Gasteiger partial charge < -0.3 is 11.1 Å². The minimum absolute atomic E-state index is 0.0715. The molecule has 3 nitrogen and oxygen atoms in total. The van der Waals surface area contributed by atoms with Gasteiger partial charge in [0.25, 0.3) is 0 Å². The number of nitrogens with one attached hydrogen (secondary N) is 1. The van der Waals surface area contributed by atoms with Gasteiger partial charge in [-0.1, -0.05) is 37.9 Å². The van der Waals surface area contributed by atoms with Crippen molar-refractivity contribution in [2.75, 3.05) is 12.8 Å². The van der Waals surface area contributed by atoms with Gasteiger partial charge in [0.15, 0.2) is 0 Å². The van der Waals surface area contributed by atoms with Crippen LogP contribution < -0.4 is 11.1 Å². The largest absolute Gasteiger partial charge is 0.392 e. The molecule has 2 aliphatic carbocycles. The van der Waals surface area contributed by atoms with Crippen LogP contribution in [0.3, 0.4) is 0 Å². The molecule has 0 unspecified atom stereocenters. The summed E-state index contributed by atoms with van der Waals surface area (Å²) in [5.74, 6) is 0.0715. The van der Waals surface area contributed by atoms with Crippen LogP contribution in [0.1, 0.15) is 51.4 Å². The van der Waals surface area contributed by atoms with Gasteiger partial charge in [0.2, 0.25) is 5.91 Å². The molecule has 0 radical (unpaired) electrons. The molecule has 19 heavy (non-hydrogen) atoms. The van der Waals surface area contributed by atoms with E-state index in [4.69, 9.17) is 18.0 Å². The second-order valence-electron chi connectivity index (χ2n) is 5.93. The van der Waals surface area contributed by atoms with Crippen LogP contribution in [-0.4, -0.2) is 28.4 Å². The van der Waals surface area contributed by atoms with Gasteiger partial charge >= 0.3 is 0 Å². The number of carbonyl (C=O) groups is 1. The highest BCUT2D eigenvalue weighted by Crippen LogP contribution is 2.46. The van der Waals surface area contributed by atoms with Crippen LogP contribution in [0, 0.1) is 5.41 Å². The van der Waals surface area contributed by atoms with Crippen LogP contribution in [0.4, 0.5) is 0 Å². The van der Waals surface area contributed by atoms with Gasteiger partial charge in [-0.2, -0.15) is 11.8 Å². The highest BCUT2D eigenvalue weighted by atomic mass is 32.2. The molecule has 0 heterocycles. The third-order valence-electron chi connectivity index (χ3n) is 4.68. The first kappa shape index (κ1) is 15.1. The van der Waals surface area contributed by atoms with E-state index in [1.165, 1.54) is 25.7 Å². The molecule has 0 saturated heterocycles. The van der Waals surface area contributed by atoms with Crippen LogP contribution in [-0.2, 0) is 4.79 Å². The van der Waals surface area contributed by atoms with Crippen molar-refractivity contribution < 1.29 is 4.79 Å². The molecule has 108 valence electrons. The van der Waals surface area contributed by atoms with Crippen LogP contribution in [0.15, 0.2) is 0 Å². The second-order valence-corrected chi connectivity index (χ2v) is 7.64. The van der Waals surface area contributed by atoms with Gasteiger partial charge in [0, 0.05) is 11.3 Å². The average Bonchev–Trinajstić information content (AvgIpc) is 3.20. The molecule has 0 aromatic rings. The lowest BCUT2D eigenvalue weighted by molar-refractivity contribution is -0.128. The summed E-state index contributed by atoms with van der Waals surface area (Å²) in [6, 6.07) is 0. The summed E-state index contributed by atoms with van der Waals surface area (Å²) < 4.78 is 0.289. The monoisotopic (exact) mass is 300 g/mol. The van der Waals surface area contributed by atoms with Crippen molar-refractivity contribution in [3.8, 4) is 0 Å². The number of nitrogens with two attached hydrogens (primary N) is 1. The fourth-order valence-electron chi connectivity index (χ4n) is 2.92. The summed E-state index contributed by atoms with van der Waals surface area (Å²) in [5, 5.41) is 3.13. The molecule has 0 spiro atoms. The zero-order valence-electron chi connectivity index (χ0n) is 11.7. The minimum Gasteiger partial charge on any atom is -0.392 e. The number of thiocarbonyl (C=S) groups is 1. The molecule has 1 amide bonds. The van der Waals surface area contributed by atoms with Crippen LogP contribution in [0.5, 0.6) is 0 Å². The summed E-state index contributed by atoms with van der Waals surface area (Å²) >= 11 is 7.09. The topological polar surface area (TPSA) is 55.1 Å². The van der Waals surface area contributed by atoms with Gasteiger partial charge in [-0.05, 0) is 31.9 Å². The normalized spacial score (nSPS) is 24.3. The average molecular weight is 300 g/mol. The third-order valence-corrected chi connectivity index (χ3v) is 6.48. The Morgan fingerprint density at radius 1 is 1.21 bits per heavy atom. The smallest absolute Gasteiger partial charge is 0.233 e. The molecule has 2 fully saturated rings. The lowest BCUT2D eigenvalue weighted by Gasteiger charge is -2.31. The number of hydrogen-bond donors (Lipinski definition) is 2. The van der Waals surface area contributed by atoms with Crippen molar-refractivity contribution >= 4 is 34.9 Å². The van der Waals surface area contributed by atoms with Crippen LogP contribution in [0.2, 0.25) is 0 Å². The maximum atomic E-state index is 12.6. The highest BCUT2D eigenvalue weighted by Gasteiger charge is 2.45. The summed E-state index contributed by atoms with van der Waals surface area (Å²) in [6.45, 7) is 0.761. The fourth-order valence-corrected chi connectivity index (χ4v) is 3.94. The standard InChI is InChI=1S/C14H24N2OS2/c1-19-13(8-9-13)10-16-12(17)14(11(15)18)6-4-2-3-5-7-14/h2-10H2,1H3,(H2,15,18)(H,16,17).